The summed E-state index contributed by atoms with van der Waals surface area (Å²) in [7, 11) is -4.30. The summed E-state index contributed by atoms with van der Waals surface area (Å²) >= 11 is 6.21. The van der Waals surface area contributed by atoms with Crippen molar-refractivity contribution < 1.29 is 18.0 Å². The van der Waals surface area contributed by atoms with Gasteiger partial charge in [-0.3, -0.25) is 19.0 Å². The lowest BCUT2D eigenvalue weighted by Gasteiger charge is -2.12. The number of benzene rings is 3. The number of halogens is 1. The molecule has 11 heteroatoms. The number of anilines is 1. The van der Waals surface area contributed by atoms with Crippen LogP contribution in [-0.4, -0.2) is 29.8 Å². The third-order valence-electron chi connectivity index (χ3n) is 6.00. The summed E-state index contributed by atoms with van der Waals surface area (Å²) in [6.45, 7) is 0.580. The molecule has 1 aromatic heterocycles. The molecule has 2 amide bonds. The highest BCUT2D eigenvalue weighted by molar-refractivity contribution is 7.90. The maximum absolute atomic E-state index is 13.1. The topological polar surface area (TPSA) is 127 Å². The van der Waals surface area contributed by atoms with Crippen LogP contribution in [0.5, 0.6) is 0 Å². The standard InChI is InChI=1S/C26H21ClN4O5S/c27-19-13-18(11-12-22(19)37(35,36)30-25(33)17-5-2-1-3-6-17)24(32)29-21-8-4-7-20-23(21)26(34)31(15-28-20)14-16-9-10-16/h1-8,11-13,15-16H,9-10,14H2,(H,29,32)(H,30,33). The summed E-state index contributed by atoms with van der Waals surface area (Å²) in [5, 5.41) is 2.75. The van der Waals surface area contributed by atoms with E-state index >= 15 is 0 Å². The minimum absolute atomic E-state index is 0.0672. The Labute approximate surface area is 217 Å². The lowest BCUT2D eigenvalue weighted by molar-refractivity contribution is 0.0979. The van der Waals surface area contributed by atoms with Crippen molar-refractivity contribution in [3.63, 3.8) is 0 Å². The van der Waals surface area contributed by atoms with Crippen LogP contribution in [-0.2, 0) is 16.6 Å². The molecular weight excluding hydrogens is 516 g/mol. The summed E-state index contributed by atoms with van der Waals surface area (Å²) in [4.78, 5) is 42.4. The number of hydrogen-bond donors (Lipinski definition) is 2. The Morgan fingerprint density at radius 1 is 0.973 bits per heavy atom. The zero-order chi connectivity index (χ0) is 26.2. The second-order valence-electron chi connectivity index (χ2n) is 8.75. The highest BCUT2D eigenvalue weighted by Gasteiger charge is 2.24. The normalized spacial score (nSPS) is 13.3. The predicted octanol–water partition coefficient (Wildman–Crippen LogP) is 3.83. The molecule has 37 heavy (non-hydrogen) atoms. The van der Waals surface area contributed by atoms with Crippen molar-refractivity contribution in [3.05, 3.63) is 99.6 Å². The van der Waals surface area contributed by atoms with Crippen molar-refractivity contribution >= 4 is 50.0 Å². The van der Waals surface area contributed by atoms with Crippen LogP contribution in [0.1, 0.15) is 33.6 Å². The van der Waals surface area contributed by atoms with Crippen LogP contribution >= 0.6 is 11.6 Å². The SMILES string of the molecule is O=C(Nc1cccc2ncn(CC3CC3)c(=O)c12)c1ccc(S(=O)(=O)NC(=O)c2ccccc2)c(Cl)c1. The van der Waals surface area contributed by atoms with Crippen molar-refractivity contribution in [2.45, 2.75) is 24.3 Å². The largest absolute Gasteiger partial charge is 0.321 e. The van der Waals surface area contributed by atoms with Gasteiger partial charge in [0.1, 0.15) is 4.90 Å². The van der Waals surface area contributed by atoms with Gasteiger partial charge in [-0.2, -0.15) is 0 Å². The molecule has 188 valence electrons. The molecule has 0 radical (unpaired) electrons. The third kappa shape index (κ3) is 5.25. The van der Waals surface area contributed by atoms with Crippen LogP contribution in [0, 0.1) is 5.92 Å². The monoisotopic (exact) mass is 536 g/mol. The maximum atomic E-state index is 13.1. The lowest BCUT2D eigenvalue weighted by atomic mass is 10.1. The fraction of sp³-hybridized carbons (Fsp3) is 0.154. The molecule has 1 aliphatic rings. The number of aromatic nitrogens is 2. The van der Waals surface area contributed by atoms with Crippen molar-refractivity contribution in [3.8, 4) is 0 Å². The molecule has 0 saturated heterocycles. The average molecular weight is 537 g/mol. The smallest absolute Gasteiger partial charge is 0.265 e. The van der Waals surface area contributed by atoms with E-state index < -0.39 is 21.8 Å². The number of amides is 2. The number of hydrogen-bond acceptors (Lipinski definition) is 6. The van der Waals surface area contributed by atoms with Crippen LogP contribution in [0.25, 0.3) is 10.9 Å². The zero-order valence-corrected chi connectivity index (χ0v) is 20.9. The molecule has 0 aliphatic heterocycles. The van der Waals surface area contributed by atoms with Gasteiger partial charge in [-0.05, 0) is 61.2 Å². The summed E-state index contributed by atoms with van der Waals surface area (Å²) in [6.07, 6.45) is 3.67. The van der Waals surface area contributed by atoms with Crippen LogP contribution in [0.4, 0.5) is 5.69 Å². The van der Waals surface area contributed by atoms with Crippen molar-refractivity contribution in [2.75, 3.05) is 5.32 Å². The number of carbonyl (C=O) groups is 2. The number of rotatable bonds is 7. The van der Waals surface area contributed by atoms with Gasteiger partial charge in [-0.15, -0.1) is 0 Å². The first-order chi connectivity index (χ1) is 17.7. The third-order valence-corrected chi connectivity index (χ3v) is 7.81. The van der Waals surface area contributed by atoms with Crippen LogP contribution in [0.2, 0.25) is 5.02 Å². The first kappa shape index (κ1) is 24.7. The van der Waals surface area contributed by atoms with Gasteiger partial charge >= 0.3 is 0 Å². The van der Waals surface area contributed by atoms with Gasteiger partial charge in [0, 0.05) is 17.7 Å². The molecule has 5 rings (SSSR count). The molecule has 2 N–H and O–H groups in total. The Balaban J connectivity index is 1.39. The fourth-order valence-electron chi connectivity index (χ4n) is 3.89. The second kappa shape index (κ2) is 9.79. The van der Waals surface area contributed by atoms with Crippen molar-refractivity contribution in [1.29, 1.82) is 0 Å². The molecular formula is C26H21ClN4O5S. The lowest BCUT2D eigenvalue weighted by Crippen LogP contribution is -2.30. The minimum Gasteiger partial charge on any atom is -0.321 e. The fourth-order valence-corrected chi connectivity index (χ4v) is 5.41. The highest BCUT2D eigenvalue weighted by atomic mass is 35.5. The van der Waals surface area contributed by atoms with E-state index in [9.17, 15) is 22.8 Å². The van der Waals surface area contributed by atoms with Crippen molar-refractivity contribution in [2.24, 2.45) is 5.92 Å². The van der Waals surface area contributed by atoms with Gasteiger partial charge in [-0.1, -0.05) is 35.9 Å². The molecule has 0 spiro atoms. The second-order valence-corrected chi connectivity index (χ2v) is 10.8. The molecule has 1 heterocycles. The number of nitrogens with zero attached hydrogens (tertiary/aromatic N) is 2. The summed E-state index contributed by atoms with van der Waals surface area (Å²) in [5.41, 5.74) is 0.717. The predicted molar refractivity (Wildman–Crippen MR) is 139 cm³/mol. The van der Waals surface area contributed by atoms with E-state index in [1.807, 2.05) is 4.72 Å². The average Bonchev–Trinajstić information content (AvgIpc) is 3.70. The number of carbonyl (C=O) groups excluding carboxylic acids is 2. The van der Waals surface area contributed by atoms with Gasteiger partial charge in [-0.25, -0.2) is 18.1 Å². The van der Waals surface area contributed by atoms with Crippen LogP contribution in [0.15, 0.2) is 82.7 Å². The van der Waals surface area contributed by atoms with Gasteiger partial charge in [0.25, 0.3) is 27.4 Å². The number of sulfonamides is 1. The zero-order valence-electron chi connectivity index (χ0n) is 19.3. The first-order valence-electron chi connectivity index (χ1n) is 11.4. The molecule has 4 aromatic rings. The van der Waals surface area contributed by atoms with Crippen LogP contribution in [0.3, 0.4) is 0 Å². The molecule has 3 aromatic carbocycles. The summed E-state index contributed by atoms with van der Waals surface area (Å²) in [5.74, 6) is -0.938. The molecule has 0 unspecified atom stereocenters. The van der Waals surface area contributed by atoms with Gasteiger partial charge in [0.15, 0.2) is 0 Å². The first-order valence-corrected chi connectivity index (χ1v) is 13.3. The van der Waals surface area contributed by atoms with E-state index in [2.05, 4.69) is 10.3 Å². The molecule has 0 bridgehead atoms. The van der Waals surface area contributed by atoms with E-state index in [0.29, 0.717) is 18.0 Å². The Bertz CT molecular complexity index is 1700. The molecule has 1 aliphatic carbocycles. The molecule has 1 saturated carbocycles. The van der Waals surface area contributed by atoms with Gasteiger partial charge in [0.2, 0.25) is 0 Å². The van der Waals surface area contributed by atoms with Gasteiger partial charge < -0.3 is 5.32 Å². The Morgan fingerprint density at radius 2 is 1.73 bits per heavy atom. The van der Waals surface area contributed by atoms with E-state index in [1.165, 1.54) is 30.6 Å². The maximum Gasteiger partial charge on any atom is 0.265 e. The minimum atomic E-state index is -4.30. The van der Waals surface area contributed by atoms with Gasteiger partial charge in [0.05, 0.1) is 27.9 Å². The quantitative estimate of drug-likeness (QED) is 0.369. The number of nitrogens with one attached hydrogen (secondary N) is 2. The van der Waals surface area contributed by atoms with E-state index in [4.69, 9.17) is 11.6 Å². The van der Waals surface area contributed by atoms with E-state index in [1.54, 1.807) is 41.0 Å². The van der Waals surface area contributed by atoms with E-state index in [0.717, 1.165) is 18.9 Å². The number of fused-ring (bicyclic) bond motifs is 1. The molecule has 1 fully saturated rings. The Kier molecular flexibility index (Phi) is 6.53. The van der Waals surface area contributed by atoms with Crippen molar-refractivity contribution in [1.82, 2.24) is 14.3 Å². The summed E-state index contributed by atoms with van der Waals surface area (Å²) in [6, 6.07) is 16.4. The van der Waals surface area contributed by atoms with E-state index in [-0.39, 0.29) is 37.7 Å². The Hall–Kier alpha value is -4.02. The molecule has 9 nitrogen and oxygen atoms in total. The highest BCUT2D eigenvalue weighted by Crippen LogP contribution is 2.30. The van der Waals surface area contributed by atoms with Crippen LogP contribution < -0.4 is 15.6 Å². The Morgan fingerprint density at radius 3 is 2.43 bits per heavy atom. The molecule has 0 atom stereocenters. The summed E-state index contributed by atoms with van der Waals surface area (Å²) < 4.78 is 29.0.